The lowest BCUT2D eigenvalue weighted by molar-refractivity contribution is -0.136. The van der Waals surface area contributed by atoms with Crippen LogP contribution in [0.5, 0.6) is 0 Å². The number of anilines is 1. The molecule has 1 amide bonds. The normalized spacial score (nSPS) is 11.2. The molecular weight excluding hydrogens is 348 g/mol. The highest BCUT2D eigenvalue weighted by Crippen LogP contribution is 2.14. The van der Waals surface area contributed by atoms with Crippen LogP contribution in [0.4, 0.5) is 5.69 Å². The van der Waals surface area contributed by atoms with Gasteiger partial charge in [0.1, 0.15) is 5.76 Å². The van der Waals surface area contributed by atoms with Crippen molar-refractivity contribution in [3.63, 3.8) is 0 Å². The summed E-state index contributed by atoms with van der Waals surface area (Å²) in [6.45, 7) is -0.0373. The van der Waals surface area contributed by atoms with Crippen molar-refractivity contribution >= 4 is 27.6 Å². The van der Waals surface area contributed by atoms with Gasteiger partial charge in [-0.3, -0.25) is 9.59 Å². The minimum atomic E-state index is -3.34. The SMILES string of the molecule is CS(=O)(=O)NCc1ccc(C(=O)Nc2ccc(CCC(=O)O)cc2)o1. The molecule has 9 heteroatoms. The first-order valence-corrected chi connectivity index (χ1v) is 9.27. The predicted molar refractivity (Wildman–Crippen MR) is 90.7 cm³/mol. The van der Waals surface area contributed by atoms with E-state index in [0.717, 1.165) is 11.8 Å². The lowest BCUT2D eigenvalue weighted by Crippen LogP contribution is -2.20. The summed E-state index contributed by atoms with van der Waals surface area (Å²) in [5, 5.41) is 11.3. The van der Waals surface area contributed by atoms with Gasteiger partial charge in [0.05, 0.1) is 12.8 Å². The molecule has 0 aliphatic rings. The van der Waals surface area contributed by atoms with Gasteiger partial charge < -0.3 is 14.8 Å². The van der Waals surface area contributed by atoms with Crippen LogP contribution in [0.15, 0.2) is 40.8 Å². The summed E-state index contributed by atoms with van der Waals surface area (Å²) in [7, 11) is -3.34. The molecule has 8 nitrogen and oxygen atoms in total. The molecule has 1 aromatic carbocycles. The Morgan fingerprint density at radius 3 is 2.40 bits per heavy atom. The molecule has 1 aromatic heterocycles. The Balaban J connectivity index is 1.93. The molecule has 2 aromatic rings. The maximum Gasteiger partial charge on any atom is 0.303 e. The monoisotopic (exact) mass is 366 g/mol. The molecule has 0 fully saturated rings. The van der Waals surface area contributed by atoms with Crippen molar-refractivity contribution in [2.24, 2.45) is 0 Å². The smallest absolute Gasteiger partial charge is 0.303 e. The number of hydrogen-bond donors (Lipinski definition) is 3. The summed E-state index contributed by atoms with van der Waals surface area (Å²) < 4.78 is 29.6. The summed E-state index contributed by atoms with van der Waals surface area (Å²) in [5.74, 6) is -0.958. The molecule has 0 bridgehead atoms. The number of amides is 1. The molecule has 0 aliphatic carbocycles. The van der Waals surface area contributed by atoms with Crippen LogP contribution in [0.2, 0.25) is 0 Å². The Kier molecular flexibility index (Phi) is 5.94. The molecule has 0 saturated carbocycles. The third kappa shape index (κ3) is 6.40. The van der Waals surface area contributed by atoms with E-state index in [1.54, 1.807) is 24.3 Å². The zero-order valence-corrected chi connectivity index (χ0v) is 14.3. The summed E-state index contributed by atoms with van der Waals surface area (Å²) in [4.78, 5) is 22.6. The summed E-state index contributed by atoms with van der Waals surface area (Å²) in [6.07, 6.45) is 1.49. The van der Waals surface area contributed by atoms with Gasteiger partial charge in [-0.05, 0) is 36.2 Å². The van der Waals surface area contributed by atoms with Gasteiger partial charge in [0, 0.05) is 12.1 Å². The summed E-state index contributed by atoms with van der Waals surface area (Å²) >= 11 is 0. The van der Waals surface area contributed by atoms with Gasteiger partial charge >= 0.3 is 5.97 Å². The average Bonchev–Trinajstić information content (AvgIpc) is 3.01. The van der Waals surface area contributed by atoms with Crippen molar-refractivity contribution in [3.05, 3.63) is 53.5 Å². The number of carbonyl (C=O) groups excluding carboxylic acids is 1. The zero-order chi connectivity index (χ0) is 18.4. The fourth-order valence-corrected chi connectivity index (χ4v) is 2.40. The predicted octanol–water partition coefficient (Wildman–Crippen LogP) is 1.60. The van der Waals surface area contributed by atoms with Gasteiger partial charge in [-0.15, -0.1) is 0 Å². The second-order valence-corrected chi connectivity index (χ2v) is 7.24. The number of sulfonamides is 1. The standard InChI is InChI=1S/C16H18N2O6S/c1-25(22,23)17-10-13-7-8-14(24-13)16(21)18-12-5-2-11(3-6-12)4-9-15(19)20/h2-3,5-8,17H,4,9-10H2,1H3,(H,18,21)(H,19,20). The quantitative estimate of drug-likeness (QED) is 0.651. The highest BCUT2D eigenvalue weighted by Gasteiger charge is 2.12. The van der Waals surface area contributed by atoms with Gasteiger partial charge in [-0.25, -0.2) is 13.1 Å². The van der Waals surface area contributed by atoms with Crippen molar-refractivity contribution < 1.29 is 27.5 Å². The first kappa shape index (κ1) is 18.7. The van der Waals surface area contributed by atoms with E-state index in [0.29, 0.717) is 17.9 Å². The lowest BCUT2D eigenvalue weighted by Gasteiger charge is -2.05. The van der Waals surface area contributed by atoms with Crippen LogP contribution in [-0.4, -0.2) is 31.7 Å². The Morgan fingerprint density at radius 2 is 1.80 bits per heavy atom. The van der Waals surface area contributed by atoms with Crippen LogP contribution in [0, 0.1) is 0 Å². The number of benzene rings is 1. The molecule has 3 N–H and O–H groups in total. The molecule has 0 radical (unpaired) electrons. The Labute approximate surface area is 144 Å². The number of aryl methyl sites for hydroxylation is 1. The van der Waals surface area contributed by atoms with Gasteiger partial charge in [0.2, 0.25) is 10.0 Å². The third-order valence-corrected chi connectivity index (χ3v) is 3.90. The molecule has 0 spiro atoms. The van der Waals surface area contributed by atoms with E-state index >= 15 is 0 Å². The molecule has 25 heavy (non-hydrogen) atoms. The van der Waals surface area contributed by atoms with Gasteiger partial charge in [0.25, 0.3) is 5.91 Å². The molecule has 134 valence electrons. The number of rotatable bonds is 8. The fraction of sp³-hybridized carbons (Fsp3) is 0.250. The van der Waals surface area contributed by atoms with Crippen LogP contribution in [0.25, 0.3) is 0 Å². The molecule has 0 atom stereocenters. The first-order chi connectivity index (χ1) is 11.7. The highest BCUT2D eigenvalue weighted by atomic mass is 32.2. The minimum Gasteiger partial charge on any atom is -0.481 e. The van der Waals surface area contributed by atoms with E-state index in [2.05, 4.69) is 10.0 Å². The number of hydrogen-bond acceptors (Lipinski definition) is 5. The van der Waals surface area contributed by atoms with E-state index in [-0.39, 0.29) is 18.7 Å². The van der Waals surface area contributed by atoms with Gasteiger partial charge in [0.15, 0.2) is 5.76 Å². The minimum absolute atomic E-state index is 0.0373. The van der Waals surface area contributed by atoms with Crippen molar-refractivity contribution in [2.75, 3.05) is 11.6 Å². The number of carboxylic acids is 1. The average molecular weight is 366 g/mol. The molecular formula is C16H18N2O6S. The summed E-state index contributed by atoms with van der Waals surface area (Å²) in [5.41, 5.74) is 1.39. The third-order valence-electron chi connectivity index (χ3n) is 3.23. The molecule has 2 rings (SSSR count). The number of nitrogens with one attached hydrogen (secondary N) is 2. The largest absolute Gasteiger partial charge is 0.481 e. The van der Waals surface area contributed by atoms with Crippen molar-refractivity contribution in [2.45, 2.75) is 19.4 Å². The Hall–Kier alpha value is -2.65. The first-order valence-electron chi connectivity index (χ1n) is 7.38. The van der Waals surface area contributed by atoms with E-state index < -0.39 is 21.9 Å². The van der Waals surface area contributed by atoms with Gasteiger partial charge in [-0.1, -0.05) is 12.1 Å². The van der Waals surface area contributed by atoms with E-state index in [9.17, 15) is 18.0 Å². The molecule has 0 aliphatic heterocycles. The van der Waals surface area contributed by atoms with E-state index in [1.165, 1.54) is 12.1 Å². The fourth-order valence-electron chi connectivity index (χ4n) is 2.00. The topological polar surface area (TPSA) is 126 Å². The van der Waals surface area contributed by atoms with Crippen molar-refractivity contribution in [3.8, 4) is 0 Å². The van der Waals surface area contributed by atoms with E-state index in [1.807, 2.05) is 0 Å². The van der Waals surface area contributed by atoms with Crippen LogP contribution < -0.4 is 10.0 Å². The second kappa shape index (κ2) is 7.95. The highest BCUT2D eigenvalue weighted by molar-refractivity contribution is 7.88. The number of carboxylic acid groups (broad SMARTS) is 1. The maximum atomic E-state index is 12.1. The van der Waals surface area contributed by atoms with Crippen LogP contribution in [-0.2, 0) is 27.8 Å². The maximum absolute atomic E-state index is 12.1. The van der Waals surface area contributed by atoms with E-state index in [4.69, 9.17) is 9.52 Å². The van der Waals surface area contributed by atoms with Crippen LogP contribution in [0.1, 0.15) is 28.3 Å². The lowest BCUT2D eigenvalue weighted by atomic mass is 10.1. The van der Waals surface area contributed by atoms with Gasteiger partial charge in [-0.2, -0.15) is 0 Å². The molecule has 0 unspecified atom stereocenters. The molecule has 0 saturated heterocycles. The van der Waals surface area contributed by atoms with Crippen molar-refractivity contribution in [1.29, 1.82) is 0 Å². The Morgan fingerprint density at radius 1 is 1.12 bits per heavy atom. The number of carbonyl (C=O) groups is 2. The summed E-state index contributed by atoms with van der Waals surface area (Å²) in [6, 6.07) is 9.79. The van der Waals surface area contributed by atoms with Crippen LogP contribution in [0.3, 0.4) is 0 Å². The number of aliphatic carboxylic acids is 1. The Bertz CT molecular complexity index is 855. The molecule has 1 heterocycles. The van der Waals surface area contributed by atoms with Crippen LogP contribution >= 0.6 is 0 Å². The zero-order valence-electron chi connectivity index (χ0n) is 13.5. The number of furan rings is 1. The second-order valence-electron chi connectivity index (χ2n) is 5.40. The van der Waals surface area contributed by atoms with Crippen molar-refractivity contribution in [1.82, 2.24) is 4.72 Å².